The Kier molecular flexibility index (Phi) is 4.76. The van der Waals surface area contributed by atoms with Crippen LogP contribution in [0.2, 0.25) is 0 Å². The Bertz CT molecular complexity index is 372. The molecule has 0 aromatic heterocycles. The fourth-order valence-electron chi connectivity index (χ4n) is 3.14. The van der Waals surface area contributed by atoms with Crippen LogP contribution in [-0.4, -0.2) is 48.2 Å². The molecule has 2 fully saturated rings. The van der Waals surface area contributed by atoms with E-state index in [2.05, 4.69) is 5.32 Å². The normalized spacial score (nSPS) is 27.5. The Morgan fingerprint density at radius 1 is 1.29 bits per heavy atom. The van der Waals surface area contributed by atoms with E-state index in [4.69, 9.17) is 4.74 Å². The number of amides is 1. The van der Waals surface area contributed by atoms with Crippen molar-refractivity contribution in [2.45, 2.75) is 64.0 Å². The molecule has 4 nitrogen and oxygen atoms in total. The van der Waals surface area contributed by atoms with Crippen molar-refractivity contribution in [1.29, 1.82) is 0 Å². The van der Waals surface area contributed by atoms with Gasteiger partial charge in [0.1, 0.15) is 5.60 Å². The highest BCUT2D eigenvalue weighted by molar-refractivity contribution is 5.68. The molecule has 122 valence electrons. The Labute approximate surface area is 125 Å². The molecular weight excluding hydrogens is 278 g/mol. The summed E-state index contributed by atoms with van der Waals surface area (Å²) in [6.07, 6.45) is 0.468. The van der Waals surface area contributed by atoms with Gasteiger partial charge in [0, 0.05) is 32.5 Å². The number of ether oxygens (including phenoxy) is 1. The molecule has 1 amide bonds. The Morgan fingerprint density at radius 3 is 2.48 bits per heavy atom. The smallest absolute Gasteiger partial charge is 0.410 e. The van der Waals surface area contributed by atoms with Crippen LogP contribution in [0, 0.1) is 5.92 Å². The highest BCUT2D eigenvalue weighted by atomic mass is 19.3. The first-order chi connectivity index (χ1) is 9.68. The summed E-state index contributed by atoms with van der Waals surface area (Å²) in [5.74, 6) is -2.40. The maximum atomic E-state index is 13.3. The number of rotatable bonds is 1. The average molecular weight is 304 g/mol. The van der Waals surface area contributed by atoms with Gasteiger partial charge < -0.3 is 15.0 Å². The van der Waals surface area contributed by atoms with Crippen LogP contribution in [0.3, 0.4) is 0 Å². The third kappa shape index (κ3) is 4.53. The van der Waals surface area contributed by atoms with Crippen LogP contribution in [0.25, 0.3) is 0 Å². The number of halogens is 2. The minimum Gasteiger partial charge on any atom is -0.444 e. The van der Waals surface area contributed by atoms with Gasteiger partial charge in [-0.2, -0.15) is 0 Å². The molecule has 0 bridgehead atoms. The van der Waals surface area contributed by atoms with Gasteiger partial charge in [-0.05, 0) is 39.5 Å². The zero-order valence-corrected chi connectivity index (χ0v) is 13.1. The minimum atomic E-state index is -2.53. The first kappa shape index (κ1) is 16.5. The van der Waals surface area contributed by atoms with Crippen molar-refractivity contribution in [2.75, 3.05) is 19.6 Å². The van der Waals surface area contributed by atoms with Gasteiger partial charge in [0.25, 0.3) is 0 Å². The molecule has 0 aromatic carbocycles. The lowest BCUT2D eigenvalue weighted by atomic mass is 9.81. The standard InChI is InChI=1S/C15H26F2N2O2/c1-14(2,3)21-13(20)19-9-8-18-10-12(19)11-4-6-15(16,17)7-5-11/h11-12,18H,4-10H2,1-3H3. The van der Waals surface area contributed by atoms with Gasteiger partial charge in [-0.25, -0.2) is 13.6 Å². The van der Waals surface area contributed by atoms with Crippen LogP contribution >= 0.6 is 0 Å². The molecule has 1 aliphatic heterocycles. The number of nitrogens with one attached hydrogen (secondary N) is 1. The lowest BCUT2D eigenvalue weighted by Crippen LogP contribution is -2.58. The summed E-state index contributed by atoms with van der Waals surface area (Å²) < 4.78 is 32.1. The number of hydrogen-bond donors (Lipinski definition) is 1. The quantitative estimate of drug-likeness (QED) is 0.809. The topological polar surface area (TPSA) is 41.6 Å². The first-order valence-corrected chi connectivity index (χ1v) is 7.76. The number of carbonyl (C=O) groups excluding carboxylic acids is 1. The highest BCUT2D eigenvalue weighted by Gasteiger charge is 2.41. The van der Waals surface area contributed by atoms with Crippen LogP contribution < -0.4 is 5.32 Å². The zero-order valence-electron chi connectivity index (χ0n) is 13.1. The monoisotopic (exact) mass is 304 g/mol. The summed E-state index contributed by atoms with van der Waals surface area (Å²) >= 11 is 0. The van der Waals surface area contributed by atoms with Crippen LogP contribution in [0.4, 0.5) is 13.6 Å². The van der Waals surface area contributed by atoms with Crippen LogP contribution in [0.15, 0.2) is 0 Å². The number of nitrogens with zero attached hydrogens (tertiary/aromatic N) is 1. The van der Waals surface area contributed by atoms with Crippen molar-refractivity contribution < 1.29 is 18.3 Å². The third-order valence-electron chi connectivity index (χ3n) is 4.22. The van der Waals surface area contributed by atoms with Gasteiger partial charge in [0.2, 0.25) is 5.92 Å². The van der Waals surface area contributed by atoms with Gasteiger partial charge in [0.05, 0.1) is 6.04 Å². The summed E-state index contributed by atoms with van der Waals surface area (Å²) in [5.41, 5.74) is -0.536. The summed E-state index contributed by atoms with van der Waals surface area (Å²) in [4.78, 5) is 14.1. The molecule has 2 rings (SSSR count). The van der Waals surface area contributed by atoms with E-state index in [1.165, 1.54) is 0 Å². The summed E-state index contributed by atoms with van der Waals surface area (Å²) in [7, 11) is 0. The minimum absolute atomic E-state index is 0.0373. The van der Waals surface area contributed by atoms with Crippen molar-refractivity contribution in [2.24, 2.45) is 5.92 Å². The van der Waals surface area contributed by atoms with Crippen LogP contribution in [0.5, 0.6) is 0 Å². The SMILES string of the molecule is CC(C)(C)OC(=O)N1CCNCC1C1CCC(F)(F)CC1. The fraction of sp³-hybridized carbons (Fsp3) is 0.933. The number of hydrogen-bond acceptors (Lipinski definition) is 3. The Hall–Kier alpha value is -0.910. The third-order valence-corrected chi connectivity index (χ3v) is 4.22. The summed E-state index contributed by atoms with van der Waals surface area (Å²) in [5, 5.41) is 3.26. The maximum Gasteiger partial charge on any atom is 0.410 e. The molecule has 1 N–H and O–H groups in total. The van der Waals surface area contributed by atoms with E-state index in [-0.39, 0.29) is 30.9 Å². The molecule has 6 heteroatoms. The van der Waals surface area contributed by atoms with Gasteiger partial charge in [-0.15, -0.1) is 0 Å². The molecule has 1 unspecified atom stereocenters. The second-order valence-electron chi connectivity index (χ2n) is 7.14. The molecule has 0 radical (unpaired) electrons. The highest BCUT2D eigenvalue weighted by Crippen LogP contribution is 2.38. The van der Waals surface area contributed by atoms with E-state index >= 15 is 0 Å². The molecule has 1 saturated heterocycles. The van der Waals surface area contributed by atoms with E-state index in [1.807, 2.05) is 20.8 Å². The van der Waals surface area contributed by atoms with E-state index in [1.54, 1.807) is 4.90 Å². The van der Waals surface area contributed by atoms with Crippen molar-refractivity contribution in [3.8, 4) is 0 Å². The molecule has 0 spiro atoms. The fourth-order valence-corrected chi connectivity index (χ4v) is 3.14. The molecule has 0 aromatic rings. The largest absolute Gasteiger partial charge is 0.444 e. The Balaban J connectivity index is 2.00. The van der Waals surface area contributed by atoms with Crippen molar-refractivity contribution >= 4 is 6.09 Å². The van der Waals surface area contributed by atoms with Gasteiger partial charge in [0.15, 0.2) is 0 Å². The van der Waals surface area contributed by atoms with Gasteiger partial charge in [-0.1, -0.05) is 0 Å². The number of carbonyl (C=O) groups is 1. The molecular formula is C15H26F2N2O2. The second-order valence-corrected chi connectivity index (χ2v) is 7.14. The lowest BCUT2D eigenvalue weighted by Gasteiger charge is -2.43. The average Bonchev–Trinajstić information content (AvgIpc) is 2.37. The van der Waals surface area contributed by atoms with Gasteiger partial charge in [-0.3, -0.25) is 0 Å². The molecule has 1 heterocycles. The van der Waals surface area contributed by atoms with Crippen LogP contribution in [0.1, 0.15) is 46.5 Å². The van der Waals surface area contributed by atoms with Crippen molar-refractivity contribution in [3.63, 3.8) is 0 Å². The number of alkyl halides is 2. The molecule has 2 aliphatic rings. The molecule has 1 saturated carbocycles. The van der Waals surface area contributed by atoms with E-state index < -0.39 is 11.5 Å². The molecule has 21 heavy (non-hydrogen) atoms. The lowest BCUT2D eigenvalue weighted by molar-refractivity contribution is -0.0595. The van der Waals surface area contributed by atoms with Gasteiger partial charge >= 0.3 is 6.09 Å². The summed E-state index contributed by atoms with van der Waals surface area (Å²) in [6, 6.07) is -0.0373. The molecule has 1 atom stereocenters. The summed E-state index contributed by atoms with van der Waals surface area (Å²) in [6.45, 7) is 7.47. The number of piperazine rings is 1. The zero-order chi connectivity index (χ0) is 15.7. The van der Waals surface area contributed by atoms with E-state index in [0.717, 1.165) is 6.54 Å². The Morgan fingerprint density at radius 2 is 1.90 bits per heavy atom. The van der Waals surface area contributed by atoms with E-state index in [9.17, 15) is 13.6 Å². The first-order valence-electron chi connectivity index (χ1n) is 7.76. The van der Waals surface area contributed by atoms with E-state index in [0.29, 0.717) is 25.9 Å². The molecule has 1 aliphatic carbocycles. The maximum absolute atomic E-state index is 13.3. The predicted octanol–water partition coefficient (Wildman–Crippen LogP) is 3.02. The van der Waals surface area contributed by atoms with Crippen molar-refractivity contribution in [3.05, 3.63) is 0 Å². The van der Waals surface area contributed by atoms with Crippen LogP contribution in [-0.2, 0) is 4.74 Å². The predicted molar refractivity (Wildman–Crippen MR) is 76.5 cm³/mol. The second kappa shape index (κ2) is 6.07. The van der Waals surface area contributed by atoms with Crippen molar-refractivity contribution in [1.82, 2.24) is 10.2 Å².